The van der Waals surface area contributed by atoms with Crippen molar-refractivity contribution in [1.29, 1.82) is 0 Å². The molecule has 4 rings (SSSR count). The first-order valence-corrected chi connectivity index (χ1v) is 12.3. The number of hydrogen-bond donors (Lipinski definition) is 1. The molecule has 0 spiro atoms. The van der Waals surface area contributed by atoms with Crippen molar-refractivity contribution >= 4 is 17.9 Å². The Balaban J connectivity index is 1.60. The van der Waals surface area contributed by atoms with Crippen LogP contribution < -0.4 is 9.47 Å². The van der Waals surface area contributed by atoms with Crippen LogP contribution >= 0.6 is 0 Å². The van der Waals surface area contributed by atoms with E-state index in [1.165, 1.54) is 6.92 Å². The maximum Gasteiger partial charge on any atom is 0.197 e. The molecule has 1 heterocycles. The fourth-order valence-corrected chi connectivity index (χ4v) is 4.41. The number of fused-ring (bicyclic) bond motifs is 1. The normalized spacial score (nSPS) is 14.6. The first-order chi connectivity index (χ1) is 17.2. The predicted molar refractivity (Wildman–Crippen MR) is 142 cm³/mol. The smallest absolute Gasteiger partial charge is 0.197 e. The number of carbonyl (C=O) groups excluding carboxylic acids is 1. The van der Waals surface area contributed by atoms with Gasteiger partial charge in [0.1, 0.15) is 19.0 Å². The third-order valence-corrected chi connectivity index (χ3v) is 7.26. The van der Waals surface area contributed by atoms with E-state index < -0.39 is 11.2 Å². The van der Waals surface area contributed by atoms with Gasteiger partial charge in [-0.05, 0) is 79.1 Å². The highest BCUT2D eigenvalue weighted by molar-refractivity contribution is 5.82. The molecule has 1 unspecified atom stereocenters. The molecule has 0 saturated carbocycles. The second-order valence-electron chi connectivity index (χ2n) is 9.77. The van der Waals surface area contributed by atoms with Crippen LogP contribution in [0.25, 0.3) is 23.3 Å². The van der Waals surface area contributed by atoms with Crippen molar-refractivity contribution in [2.75, 3.05) is 19.8 Å². The van der Waals surface area contributed by atoms with Crippen LogP contribution in [0.1, 0.15) is 48.1 Å². The number of rotatable bonds is 8. The average molecular weight is 489 g/mol. The molecule has 0 aliphatic carbocycles. The minimum absolute atomic E-state index is 0.00189. The van der Waals surface area contributed by atoms with Crippen LogP contribution in [-0.2, 0) is 11.2 Å². The second kappa shape index (κ2) is 10.7. The van der Waals surface area contributed by atoms with Crippen molar-refractivity contribution in [3.05, 3.63) is 82.2 Å². The van der Waals surface area contributed by atoms with Gasteiger partial charge in [0.05, 0.1) is 6.61 Å². The minimum atomic E-state index is -0.721. The van der Waals surface area contributed by atoms with E-state index >= 15 is 4.39 Å². The molecule has 3 aromatic rings. The lowest BCUT2D eigenvalue weighted by Gasteiger charge is -2.24. The maximum absolute atomic E-state index is 15.3. The molecule has 0 aromatic heterocycles. The van der Waals surface area contributed by atoms with Gasteiger partial charge in [0.2, 0.25) is 0 Å². The van der Waals surface area contributed by atoms with Crippen LogP contribution in [0, 0.1) is 25.1 Å². The van der Waals surface area contributed by atoms with E-state index in [-0.39, 0.29) is 18.1 Å². The number of aliphatic hydroxyl groups is 1. The zero-order valence-corrected chi connectivity index (χ0v) is 21.4. The van der Waals surface area contributed by atoms with E-state index in [2.05, 4.69) is 31.2 Å². The van der Waals surface area contributed by atoms with Gasteiger partial charge in [0.15, 0.2) is 17.3 Å². The molecule has 0 fully saturated rings. The van der Waals surface area contributed by atoms with E-state index in [0.717, 1.165) is 33.4 Å². The number of hydrogen-bond acceptors (Lipinski definition) is 4. The summed E-state index contributed by atoms with van der Waals surface area (Å²) in [7, 11) is 0. The summed E-state index contributed by atoms with van der Waals surface area (Å²) in [6.45, 7) is 8.00. The predicted octanol–water partition coefficient (Wildman–Crippen LogP) is 6.57. The second-order valence-corrected chi connectivity index (χ2v) is 9.77. The van der Waals surface area contributed by atoms with Gasteiger partial charge in [-0.3, -0.25) is 4.79 Å². The Morgan fingerprint density at radius 3 is 2.53 bits per heavy atom. The Kier molecular flexibility index (Phi) is 7.60. The number of carbonyl (C=O) groups is 1. The van der Waals surface area contributed by atoms with E-state index in [9.17, 15) is 9.90 Å². The minimum Gasteiger partial charge on any atom is -0.486 e. The highest BCUT2D eigenvalue weighted by Gasteiger charge is 2.28. The van der Waals surface area contributed by atoms with Gasteiger partial charge < -0.3 is 14.6 Å². The molecule has 0 bridgehead atoms. The van der Waals surface area contributed by atoms with E-state index in [4.69, 9.17) is 9.47 Å². The lowest BCUT2D eigenvalue weighted by Crippen LogP contribution is -2.30. The van der Waals surface area contributed by atoms with Crippen molar-refractivity contribution in [3.63, 3.8) is 0 Å². The standard InChI is InChI=1S/C31H33FO4/c1-20-8-9-23(14-15-31(4,19-33)22(3)34)18-25(20)11-10-24-6-5-7-26(21(24)2)27-12-13-28-30(29(27)32)36-17-16-35-28/h5-13,18,33H,14-17,19H2,1-4H3/b11-10+. The van der Waals surface area contributed by atoms with E-state index in [1.54, 1.807) is 12.1 Å². The SMILES string of the molecule is CC(=O)C(C)(CO)CCc1ccc(C)c(/C=C/c2cccc(-c3ccc4c(c3F)OCCO4)c2C)c1. The number of Topliss-reactive ketones (excluding diaryl/α,β-unsaturated/α-hetero) is 1. The Labute approximate surface area is 212 Å². The molecule has 1 aliphatic heterocycles. The molecule has 36 heavy (non-hydrogen) atoms. The number of aliphatic hydroxyl groups excluding tert-OH is 1. The van der Waals surface area contributed by atoms with E-state index in [0.29, 0.717) is 37.4 Å². The molecule has 3 aromatic carbocycles. The summed E-state index contributed by atoms with van der Waals surface area (Å²) in [5.74, 6) is 0.213. The fraction of sp³-hybridized carbons (Fsp3) is 0.323. The van der Waals surface area contributed by atoms with Crippen molar-refractivity contribution in [2.24, 2.45) is 5.41 Å². The van der Waals surface area contributed by atoms with Crippen LogP contribution in [-0.4, -0.2) is 30.7 Å². The molecule has 1 N–H and O–H groups in total. The van der Waals surface area contributed by atoms with Gasteiger partial charge in [0.25, 0.3) is 0 Å². The lowest BCUT2D eigenvalue weighted by atomic mass is 9.81. The number of ketones is 1. The largest absolute Gasteiger partial charge is 0.486 e. The van der Waals surface area contributed by atoms with Gasteiger partial charge in [0, 0.05) is 11.0 Å². The van der Waals surface area contributed by atoms with Crippen molar-refractivity contribution in [3.8, 4) is 22.6 Å². The van der Waals surface area contributed by atoms with Crippen molar-refractivity contribution < 1.29 is 23.8 Å². The summed E-state index contributed by atoms with van der Waals surface area (Å²) in [5, 5.41) is 9.68. The van der Waals surface area contributed by atoms with Gasteiger partial charge >= 0.3 is 0 Å². The molecule has 4 nitrogen and oxygen atoms in total. The Bertz CT molecular complexity index is 1310. The highest BCUT2D eigenvalue weighted by atomic mass is 19.1. The third kappa shape index (κ3) is 5.21. The highest BCUT2D eigenvalue weighted by Crippen LogP contribution is 2.40. The van der Waals surface area contributed by atoms with Crippen molar-refractivity contribution in [2.45, 2.75) is 40.5 Å². The van der Waals surface area contributed by atoms with Gasteiger partial charge in [-0.25, -0.2) is 4.39 Å². The van der Waals surface area contributed by atoms with Crippen LogP contribution in [0.4, 0.5) is 4.39 Å². The zero-order chi connectivity index (χ0) is 25.9. The summed E-state index contributed by atoms with van der Waals surface area (Å²) < 4.78 is 26.3. The van der Waals surface area contributed by atoms with Crippen molar-refractivity contribution in [1.82, 2.24) is 0 Å². The lowest BCUT2D eigenvalue weighted by molar-refractivity contribution is -0.128. The van der Waals surface area contributed by atoms with Crippen LogP contribution in [0.2, 0.25) is 0 Å². The van der Waals surface area contributed by atoms with E-state index in [1.807, 2.05) is 38.1 Å². The van der Waals surface area contributed by atoms with Crippen LogP contribution in [0.15, 0.2) is 48.5 Å². The quantitative estimate of drug-likeness (QED) is 0.364. The van der Waals surface area contributed by atoms with Gasteiger partial charge in [-0.15, -0.1) is 0 Å². The Hall–Kier alpha value is -3.44. The molecule has 0 radical (unpaired) electrons. The average Bonchev–Trinajstić information content (AvgIpc) is 2.88. The summed E-state index contributed by atoms with van der Waals surface area (Å²) in [6, 6.07) is 15.6. The summed E-state index contributed by atoms with van der Waals surface area (Å²) >= 11 is 0. The molecule has 0 amide bonds. The van der Waals surface area contributed by atoms with Gasteiger partial charge in [-0.2, -0.15) is 0 Å². The first kappa shape index (κ1) is 25.6. The summed E-state index contributed by atoms with van der Waals surface area (Å²) in [6.07, 6.45) is 5.42. The fourth-order valence-electron chi connectivity index (χ4n) is 4.41. The first-order valence-electron chi connectivity index (χ1n) is 12.3. The molecule has 188 valence electrons. The number of aryl methyl sites for hydroxylation is 2. The maximum atomic E-state index is 15.3. The van der Waals surface area contributed by atoms with Crippen LogP contribution in [0.5, 0.6) is 11.5 Å². The molecule has 0 saturated heterocycles. The monoisotopic (exact) mass is 488 g/mol. The number of benzene rings is 3. The number of halogens is 1. The number of ether oxygens (including phenoxy) is 2. The summed E-state index contributed by atoms with van der Waals surface area (Å²) in [5.41, 5.74) is 5.88. The Morgan fingerprint density at radius 2 is 1.78 bits per heavy atom. The van der Waals surface area contributed by atoms with Crippen LogP contribution in [0.3, 0.4) is 0 Å². The zero-order valence-electron chi connectivity index (χ0n) is 21.4. The Morgan fingerprint density at radius 1 is 1.03 bits per heavy atom. The molecule has 5 heteroatoms. The molecule has 1 atom stereocenters. The molecular formula is C31H33FO4. The molecular weight excluding hydrogens is 455 g/mol. The summed E-state index contributed by atoms with van der Waals surface area (Å²) in [4.78, 5) is 11.9. The molecule has 1 aliphatic rings. The topological polar surface area (TPSA) is 55.8 Å². The third-order valence-electron chi connectivity index (χ3n) is 7.26. The van der Waals surface area contributed by atoms with Gasteiger partial charge in [-0.1, -0.05) is 55.5 Å².